The molecule has 2 rings (SSSR count). The Morgan fingerprint density at radius 1 is 1.22 bits per heavy atom. The maximum atomic E-state index is 12.8. The van der Waals surface area contributed by atoms with E-state index in [-0.39, 0.29) is 17.7 Å². The first-order valence-electron chi connectivity index (χ1n) is 8.44. The maximum absolute atomic E-state index is 12.8. The van der Waals surface area contributed by atoms with Crippen molar-refractivity contribution in [1.29, 1.82) is 0 Å². The summed E-state index contributed by atoms with van der Waals surface area (Å²) in [4.78, 5) is 38.4. The summed E-state index contributed by atoms with van der Waals surface area (Å²) >= 11 is 0. The number of esters is 1. The van der Waals surface area contributed by atoms with Gasteiger partial charge >= 0.3 is 5.97 Å². The van der Waals surface area contributed by atoms with Gasteiger partial charge in [0.2, 0.25) is 11.8 Å². The van der Waals surface area contributed by atoms with Gasteiger partial charge in [0.05, 0.1) is 7.11 Å². The lowest BCUT2D eigenvalue weighted by Crippen LogP contribution is -2.61. The molecule has 1 saturated heterocycles. The minimum atomic E-state index is -0.721. The van der Waals surface area contributed by atoms with E-state index in [0.717, 1.165) is 25.7 Å². The molecule has 2 amide bonds. The fraction of sp³-hybridized carbons (Fsp3) is 0.812. The molecule has 2 unspecified atom stereocenters. The largest absolute Gasteiger partial charge is 0.467 e. The van der Waals surface area contributed by atoms with Crippen LogP contribution >= 0.6 is 0 Å². The molecule has 0 radical (unpaired) electrons. The highest BCUT2D eigenvalue weighted by Crippen LogP contribution is 2.26. The van der Waals surface area contributed by atoms with Crippen LogP contribution in [0.5, 0.6) is 0 Å². The third-order valence-corrected chi connectivity index (χ3v) is 4.70. The zero-order valence-electron chi connectivity index (χ0n) is 14.0. The lowest BCUT2D eigenvalue weighted by Gasteiger charge is -2.38. The molecule has 7 heteroatoms. The summed E-state index contributed by atoms with van der Waals surface area (Å²) < 4.78 is 4.62. The summed E-state index contributed by atoms with van der Waals surface area (Å²) in [7, 11) is 1.28. The number of nitrogens with zero attached hydrogens (tertiary/aromatic N) is 1. The van der Waals surface area contributed by atoms with Crippen molar-refractivity contribution in [3.05, 3.63) is 0 Å². The molecule has 1 aliphatic carbocycles. The molecule has 2 aliphatic rings. The summed E-state index contributed by atoms with van der Waals surface area (Å²) in [6.07, 6.45) is 5.18. The van der Waals surface area contributed by atoms with Gasteiger partial charge < -0.3 is 20.3 Å². The number of hydrogen-bond acceptors (Lipinski definition) is 5. The fourth-order valence-electron chi connectivity index (χ4n) is 3.33. The lowest BCUT2D eigenvalue weighted by molar-refractivity contribution is -0.148. The Bertz CT molecular complexity index is 449. The smallest absolute Gasteiger partial charge is 0.328 e. The molecule has 1 saturated carbocycles. The highest BCUT2D eigenvalue weighted by molar-refractivity contribution is 5.91. The van der Waals surface area contributed by atoms with Gasteiger partial charge in [-0.15, -0.1) is 0 Å². The van der Waals surface area contributed by atoms with E-state index in [4.69, 9.17) is 0 Å². The van der Waals surface area contributed by atoms with Crippen molar-refractivity contribution >= 4 is 17.8 Å². The lowest BCUT2D eigenvalue weighted by atomic mass is 9.87. The van der Waals surface area contributed by atoms with Crippen molar-refractivity contribution in [3.63, 3.8) is 0 Å². The normalized spacial score (nSPS) is 23.9. The third-order valence-electron chi connectivity index (χ3n) is 4.70. The van der Waals surface area contributed by atoms with Crippen molar-refractivity contribution in [2.24, 2.45) is 5.92 Å². The summed E-state index contributed by atoms with van der Waals surface area (Å²) in [5, 5.41) is 5.79. The zero-order chi connectivity index (χ0) is 16.8. The molecule has 2 fully saturated rings. The van der Waals surface area contributed by atoms with Crippen molar-refractivity contribution in [3.8, 4) is 0 Å². The SMILES string of the molecule is COC(=O)C(C)NC(=O)C1CNCCN1C(=O)C1CCCCC1. The number of ether oxygens (including phenoxy) is 1. The van der Waals surface area contributed by atoms with Crippen LogP contribution in [0.3, 0.4) is 0 Å². The second-order valence-corrected chi connectivity index (χ2v) is 6.34. The van der Waals surface area contributed by atoms with Crippen LogP contribution in [0.1, 0.15) is 39.0 Å². The Labute approximate surface area is 137 Å². The van der Waals surface area contributed by atoms with Crippen LogP contribution in [-0.4, -0.2) is 61.5 Å². The highest BCUT2D eigenvalue weighted by atomic mass is 16.5. The minimum Gasteiger partial charge on any atom is -0.467 e. The predicted octanol–water partition coefficient (Wildman–Crippen LogP) is 0.0448. The van der Waals surface area contributed by atoms with E-state index in [2.05, 4.69) is 15.4 Å². The van der Waals surface area contributed by atoms with E-state index in [1.807, 2.05) is 0 Å². The number of amides is 2. The molecular weight excluding hydrogens is 298 g/mol. The van der Waals surface area contributed by atoms with Crippen molar-refractivity contribution in [2.45, 2.75) is 51.1 Å². The van der Waals surface area contributed by atoms with Gasteiger partial charge in [-0.1, -0.05) is 19.3 Å². The van der Waals surface area contributed by atoms with Gasteiger partial charge in [-0.25, -0.2) is 4.79 Å². The molecule has 2 N–H and O–H groups in total. The number of carbonyl (C=O) groups is 3. The van der Waals surface area contributed by atoms with Gasteiger partial charge in [0.1, 0.15) is 12.1 Å². The predicted molar refractivity (Wildman–Crippen MR) is 84.6 cm³/mol. The van der Waals surface area contributed by atoms with E-state index in [1.165, 1.54) is 13.5 Å². The second-order valence-electron chi connectivity index (χ2n) is 6.34. The Morgan fingerprint density at radius 3 is 2.57 bits per heavy atom. The number of methoxy groups -OCH3 is 1. The van der Waals surface area contributed by atoms with Crippen LogP contribution in [0, 0.1) is 5.92 Å². The van der Waals surface area contributed by atoms with Gasteiger partial charge in [0.15, 0.2) is 0 Å². The zero-order valence-corrected chi connectivity index (χ0v) is 14.0. The van der Waals surface area contributed by atoms with Crippen LogP contribution in [0.2, 0.25) is 0 Å². The van der Waals surface area contributed by atoms with Crippen LogP contribution < -0.4 is 10.6 Å². The van der Waals surface area contributed by atoms with Crippen LogP contribution in [0.4, 0.5) is 0 Å². The molecule has 1 heterocycles. The molecule has 130 valence electrons. The number of nitrogens with one attached hydrogen (secondary N) is 2. The number of carbonyl (C=O) groups excluding carboxylic acids is 3. The summed E-state index contributed by atoms with van der Waals surface area (Å²) in [6, 6.07) is -1.29. The molecular formula is C16H27N3O4. The highest BCUT2D eigenvalue weighted by Gasteiger charge is 2.36. The molecule has 0 aromatic heterocycles. The van der Waals surface area contributed by atoms with Gasteiger partial charge in [0, 0.05) is 25.6 Å². The number of rotatable bonds is 4. The van der Waals surface area contributed by atoms with Crippen LogP contribution in [0.25, 0.3) is 0 Å². The first-order valence-corrected chi connectivity index (χ1v) is 8.44. The minimum absolute atomic E-state index is 0.0372. The summed E-state index contributed by atoms with van der Waals surface area (Å²) in [5.41, 5.74) is 0. The molecule has 23 heavy (non-hydrogen) atoms. The number of piperazine rings is 1. The quantitative estimate of drug-likeness (QED) is 0.713. The Morgan fingerprint density at radius 2 is 1.91 bits per heavy atom. The Hall–Kier alpha value is -1.63. The molecule has 0 aromatic rings. The van der Waals surface area contributed by atoms with Crippen molar-refractivity contribution < 1.29 is 19.1 Å². The van der Waals surface area contributed by atoms with Crippen molar-refractivity contribution in [2.75, 3.05) is 26.7 Å². The standard InChI is InChI=1S/C16H27N3O4/c1-11(16(22)23-2)18-14(20)13-10-17-8-9-19(13)15(21)12-6-4-3-5-7-12/h11-13,17H,3-10H2,1-2H3,(H,18,20). The Kier molecular flexibility index (Phi) is 6.38. The molecule has 0 spiro atoms. The molecule has 7 nitrogen and oxygen atoms in total. The molecule has 2 atom stereocenters. The van der Waals surface area contributed by atoms with Gasteiger partial charge in [-0.3, -0.25) is 9.59 Å². The van der Waals surface area contributed by atoms with E-state index in [9.17, 15) is 14.4 Å². The average Bonchev–Trinajstić information content (AvgIpc) is 2.60. The van der Waals surface area contributed by atoms with Crippen molar-refractivity contribution in [1.82, 2.24) is 15.5 Å². The topological polar surface area (TPSA) is 87.7 Å². The molecule has 0 bridgehead atoms. The molecule has 1 aliphatic heterocycles. The van der Waals surface area contributed by atoms with Gasteiger partial charge in [0.25, 0.3) is 0 Å². The van der Waals surface area contributed by atoms with Gasteiger partial charge in [-0.05, 0) is 19.8 Å². The maximum Gasteiger partial charge on any atom is 0.328 e. The van der Waals surface area contributed by atoms with E-state index < -0.39 is 18.1 Å². The first-order chi connectivity index (χ1) is 11.0. The van der Waals surface area contributed by atoms with E-state index in [0.29, 0.717) is 19.6 Å². The van der Waals surface area contributed by atoms with Gasteiger partial charge in [-0.2, -0.15) is 0 Å². The second kappa shape index (κ2) is 8.29. The number of hydrogen-bond donors (Lipinski definition) is 2. The Balaban J connectivity index is 2.00. The monoisotopic (exact) mass is 325 g/mol. The van der Waals surface area contributed by atoms with Crippen LogP contribution in [-0.2, 0) is 19.1 Å². The molecule has 0 aromatic carbocycles. The summed E-state index contributed by atoms with van der Waals surface area (Å²) in [5.74, 6) is -0.682. The third kappa shape index (κ3) is 4.43. The van der Waals surface area contributed by atoms with E-state index in [1.54, 1.807) is 11.8 Å². The summed E-state index contributed by atoms with van der Waals surface area (Å²) in [6.45, 7) is 3.21. The van der Waals surface area contributed by atoms with E-state index >= 15 is 0 Å². The average molecular weight is 325 g/mol. The first kappa shape index (κ1) is 17.7. The fourth-order valence-corrected chi connectivity index (χ4v) is 3.33. The van der Waals surface area contributed by atoms with Crippen LogP contribution in [0.15, 0.2) is 0 Å².